The van der Waals surface area contributed by atoms with E-state index in [-0.39, 0.29) is 6.54 Å². The Morgan fingerprint density at radius 1 is 1.56 bits per heavy atom. The zero-order chi connectivity index (χ0) is 13.9. The topological polar surface area (TPSA) is 110 Å². The van der Waals surface area contributed by atoms with Crippen LogP contribution in [0.25, 0.3) is 0 Å². The van der Waals surface area contributed by atoms with E-state index in [1.54, 1.807) is 0 Å². The number of nitro groups is 1. The maximum atomic E-state index is 13.3. The minimum absolute atomic E-state index is 0.315. The lowest BCUT2D eigenvalue weighted by Gasteiger charge is -2.08. The Bertz CT molecular complexity index is 558. The number of nitrogens with zero attached hydrogens (tertiary/aromatic N) is 1. The molecule has 0 radical (unpaired) electrons. The van der Waals surface area contributed by atoms with E-state index in [0.29, 0.717) is 12.1 Å². The van der Waals surface area contributed by atoms with Gasteiger partial charge in [-0.25, -0.2) is 17.5 Å². The van der Waals surface area contributed by atoms with Crippen molar-refractivity contribution in [2.75, 3.05) is 6.54 Å². The van der Waals surface area contributed by atoms with Gasteiger partial charge in [0.1, 0.15) is 10.7 Å². The minimum Gasteiger partial charge on any atom is -0.392 e. The SMILES string of the molecule is CC(O)CNS(=O)(=O)c1cc([N+](=O)[O-])ccc1F. The smallest absolute Gasteiger partial charge is 0.270 e. The third-order valence-corrected chi connectivity index (χ3v) is 3.42. The molecule has 0 spiro atoms. The molecule has 18 heavy (non-hydrogen) atoms. The number of nitrogens with one attached hydrogen (secondary N) is 1. The van der Waals surface area contributed by atoms with Gasteiger partial charge in [-0.2, -0.15) is 0 Å². The highest BCUT2D eigenvalue weighted by molar-refractivity contribution is 7.89. The van der Waals surface area contributed by atoms with E-state index in [2.05, 4.69) is 0 Å². The molecule has 0 aliphatic heterocycles. The molecule has 1 aromatic rings. The summed E-state index contributed by atoms with van der Waals surface area (Å²) in [5.74, 6) is -1.10. The van der Waals surface area contributed by atoms with E-state index in [4.69, 9.17) is 5.11 Å². The maximum Gasteiger partial charge on any atom is 0.270 e. The van der Waals surface area contributed by atoms with Gasteiger partial charge in [0.05, 0.1) is 11.0 Å². The van der Waals surface area contributed by atoms with Crippen molar-refractivity contribution in [1.82, 2.24) is 4.72 Å². The van der Waals surface area contributed by atoms with Crippen LogP contribution >= 0.6 is 0 Å². The van der Waals surface area contributed by atoms with Crippen LogP contribution in [-0.2, 0) is 10.0 Å². The molecule has 0 fully saturated rings. The molecule has 1 unspecified atom stereocenters. The fraction of sp³-hybridized carbons (Fsp3) is 0.333. The molecule has 1 atom stereocenters. The van der Waals surface area contributed by atoms with E-state index in [9.17, 15) is 22.9 Å². The van der Waals surface area contributed by atoms with E-state index >= 15 is 0 Å². The van der Waals surface area contributed by atoms with Gasteiger partial charge in [0.25, 0.3) is 5.69 Å². The molecule has 0 saturated heterocycles. The molecule has 1 aromatic carbocycles. The molecule has 0 aliphatic rings. The summed E-state index contributed by atoms with van der Waals surface area (Å²) >= 11 is 0. The van der Waals surface area contributed by atoms with Crippen LogP contribution in [0.4, 0.5) is 10.1 Å². The highest BCUT2D eigenvalue weighted by Crippen LogP contribution is 2.20. The lowest BCUT2D eigenvalue weighted by Crippen LogP contribution is -2.31. The van der Waals surface area contributed by atoms with Crippen molar-refractivity contribution in [2.45, 2.75) is 17.9 Å². The standard InChI is InChI=1S/C9H11FN2O5S/c1-6(13)5-11-18(16,17)9-4-7(12(14)15)2-3-8(9)10/h2-4,6,11,13H,5H2,1H3. The number of benzene rings is 1. The first-order valence-corrected chi connectivity index (χ1v) is 6.34. The number of hydrogen-bond donors (Lipinski definition) is 2. The third kappa shape index (κ3) is 3.45. The fourth-order valence-corrected chi connectivity index (χ4v) is 2.34. The lowest BCUT2D eigenvalue weighted by molar-refractivity contribution is -0.385. The number of aliphatic hydroxyl groups excluding tert-OH is 1. The summed E-state index contributed by atoms with van der Waals surface area (Å²) in [5.41, 5.74) is -0.533. The summed E-state index contributed by atoms with van der Waals surface area (Å²) in [7, 11) is -4.23. The molecular formula is C9H11FN2O5S. The van der Waals surface area contributed by atoms with Crippen molar-refractivity contribution in [3.05, 3.63) is 34.1 Å². The number of rotatable bonds is 5. The van der Waals surface area contributed by atoms with Crippen LogP contribution in [-0.4, -0.2) is 31.1 Å². The van der Waals surface area contributed by atoms with Gasteiger partial charge in [0.2, 0.25) is 10.0 Å². The zero-order valence-electron chi connectivity index (χ0n) is 9.33. The Labute approximate surface area is 102 Å². The predicted octanol–water partition coefficient (Wildman–Crippen LogP) is 0.393. The number of sulfonamides is 1. The molecule has 1 rings (SSSR count). The van der Waals surface area contributed by atoms with E-state index in [0.717, 1.165) is 6.07 Å². The van der Waals surface area contributed by atoms with Gasteiger partial charge in [-0.15, -0.1) is 0 Å². The fourth-order valence-electron chi connectivity index (χ4n) is 1.12. The maximum absolute atomic E-state index is 13.3. The molecule has 100 valence electrons. The van der Waals surface area contributed by atoms with Gasteiger partial charge in [0.15, 0.2) is 0 Å². The Morgan fingerprint density at radius 3 is 2.67 bits per heavy atom. The van der Waals surface area contributed by atoms with Gasteiger partial charge < -0.3 is 5.11 Å². The lowest BCUT2D eigenvalue weighted by atomic mass is 10.3. The second kappa shape index (κ2) is 5.38. The first kappa shape index (κ1) is 14.5. The van der Waals surface area contributed by atoms with E-state index in [1.807, 2.05) is 4.72 Å². The molecule has 2 N–H and O–H groups in total. The van der Waals surface area contributed by atoms with Crippen LogP contribution in [0, 0.1) is 15.9 Å². The molecule has 7 nitrogen and oxygen atoms in total. The van der Waals surface area contributed by atoms with Gasteiger partial charge in [0, 0.05) is 18.7 Å². The van der Waals surface area contributed by atoms with Crippen LogP contribution in [0.15, 0.2) is 23.1 Å². The molecule has 0 aromatic heterocycles. The summed E-state index contributed by atoms with van der Waals surface area (Å²) in [6, 6.07) is 2.19. The molecule has 9 heteroatoms. The second-order valence-corrected chi connectivity index (χ2v) is 5.31. The van der Waals surface area contributed by atoms with Crippen LogP contribution in [0.3, 0.4) is 0 Å². The summed E-state index contributed by atoms with van der Waals surface area (Å²) < 4.78 is 38.6. The summed E-state index contributed by atoms with van der Waals surface area (Å²) in [6.07, 6.45) is -0.957. The predicted molar refractivity (Wildman–Crippen MR) is 59.9 cm³/mol. The van der Waals surface area contributed by atoms with Crippen molar-refractivity contribution in [3.8, 4) is 0 Å². The Kier molecular flexibility index (Phi) is 4.33. The van der Waals surface area contributed by atoms with E-state index in [1.165, 1.54) is 6.92 Å². The molecule has 0 saturated carbocycles. The summed E-state index contributed by atoms with van der Waals surface area (Å²) in [4.78, 5) is 8.84. The zero-order valence-corrected chi connectivity index (χ0v) is 10.1. The number of aliphatic hydroxyl groups is 1. The van der Waals surface area contributed by atoms with Crippen molar-refractivity contribution in [1.29, 1.82) is 0 Å². The third-order valence-electron chi connectivity index (χ3n) is 1.98. The number of nitro benzene ring substituents is 1. The Hall–Kier alpha value is -1.58. The Balaban J connectivity index is 3.15. The van der Waals surface area contributed by atoms with E-state index < -0.39 is 37.5 Å². The average molecular weight is 278 g/mol. The van der Waals surface area contributed by atoms with Crippen LogP contribution in [0.5, 0.6) is 0 Å². The van der Waals surface area contributed by atoms with Crippen LogP contribution in [0.1, 0.15) is 6.92 Å². The first-order chi connectivity index (χ1) is 8.24. The molecule has 0 bridgehead atoms. The molecular weight excluding hydrogens is 267 g/mol. The second-order valence-electron chi connectivity index (χ2n) is 3.57. The van der Waals surface area contributed by atoms with Gasteiger partial charge in [-0.3, -0.25) is 10.1 Å². The van der Waals surface area contributed by atoms with Crippen LogP contribution in [0.2, 0.25) is 0 Å². The van der Waals surface area contributed by atoms with Crippen LogP contribution < -0.4 is 4.72 Å². The van der Waals surface area contributed by atoms with Gasteiger partial charge >= 0.3 is 0 Å². The highest BCUT2D eigenvalue weighted by Gasteiger charge is 2.22. The van der Waals surface area contributed by atoms with Gasteiger partial charge in [-0.05, 0) is 13.0 Å². The normalized spacial score (nSPS) is 13.3. The molecule has 0 heterocycles. The van der Waals surface area contributed by atoms with Crippen molar-refractivity contribution < 1.29 is 22.8 Å². The summed E-state index contributed by atoms with van der Waals surface area (Å²) in [6.45, 7) is 1.02. The first-order valence-electron chi connectivity index (χ1n) is 4.85. The highest BCUT2D eigenvalue weighted by atomic mass is 32.2. The van der Waals surface area contributed by atoms with Crippen molar-refractivity contribution in [3.63, 3.8) is 0 Å². The molecule has 0 amide bonds. The summed E-state index contributed by atoms with van der Waals surface area (Å²) in [5, 5.41) is 19.4. The van der Waals surface area contributed by atoms with Crippen molar-refractivity contribution >= 4 is 15.7 Å². The average Bonchev–Trinajstić information content (AvgIpc) is 2.26. The largest absolute Gasteiger partial charge is 0.392 e. The monoisotopic (exact) mass is 278 g/mol. The van der Waals surface area contributed by atoms with Crippen molar-refractivity contribution in [2.24, 2.45) is 0 Å². The minimum atomic E-state index is -4.23. The Morgan fingerprint density at radius 2 is 2.17 bits per heavy atom. The number of non-ortho nitro benzene ring substituents is 1. The number of halogens is 1. The molecule has 0 aliphatic carbocycles. The van der Waals surface area contributed by atoms with Gasteiger partial charge in [-0.1, -0.05) is 0 Å². The quantitative estimate of drug-likeness (QED) is 0.598. The number of hydrogen-bond acceptors (Lipinski definition) is 5.